The van der Waals surface area contributed by atoms with Gasteiger partial charge in [0.15, 0.2) is 0 Å². The zero-order chi connectivity index (χ0) is 17.2. The minimum Gasteiger partial charge on any atom is -0.381 e. The van der Waals surface area contributed by atoms with Crippen LogP contribution in [0.2, 0.25) is 0 Å². The topological polar surface area (TPSA) is 44.9 Å². The van der Waals surface area contributed by atoms with Crippen molar-refractivity contribution in [3.63, 3.8) is 0 Å². The van der Waals surface area contributed by atoms with Crippen LogP contribution in [-0.2, 0) is 31.7 Å². The lowest BCUT2D eigenvalue weighted by atomic mass is 10.3. The summed E-state index contributed by atoms with van der Waals surface area (Å²) in [6.45, 7) is 1.34. The Hall–Kier alpha value is -2.66. The van der Waals surface area contributed by atoms with Crippen molar-refractivity contribution in [1.82, 2.24) is 19.1 Å². The molecule has 0 saturated heterocycles. The molecule has 0 N–H and O–H groups in total. The largest absolute Gasteiger partial charge is 0.381 e. The summed E-state index contributed by atoms with van der Waals surface area (Å²) in [5.74, 6) is 2.12. The van der Waals surface area contributed by atoms with Gasteiger partial charge in [0.25, 0.3) is 0 Å². The van der Waals surface area contributed by atoms with Gasteiger partial charge < -0.3 is 13.9 Å². The number of aryl methyl sites for hydroxylation is 2. The summed E-state index contributed by atoms with van der Waals surface area (Å²) in [4.78, 5) is 9.35. The molecule has 0 spiro atoms. The van der Waals surface area contributed by atoms with E-state index in [-0.39, 0.29) is 0 Å². The molecule has 2 aromatic carbocycles. The average Bonchev–Trinajstić information content (AvgIpc) is 3.13. The van der Waals surface area contributed by atoms with E-state index in [1.165, 1.54) is 0 Å². The first-order chi connectivity index (χ1) is 12.2. The maximum absolute atomic E-state index is 5.84. The second kappa shape index (κ2) is 6.69. The lowest BCUT2D eigenvalue weighted by Crippen LogP contribution is -2.08. The number of aromatic nitrogens is 4. The lowest BCUT2D eigenvalue weighted by Gasteiger charge is -2.05. The van der Waals surface area contributed by atoms with Gasteiger partial charge in [-0.3, -0.25) is 0 Å². The van der Waals surface area contributed by atoms with Crippen LogP contribution in [0.1, 0.15) is 11.6 Å². The summed E-state index contributed by atoms with van der Waals surface area (Å²) in [5, 5.41) is 0. The van der Waals surface area contributed by atoms with Crippen LogP contribution in [0.3, 0.4) is 0 Å². The Morgan fingerprint density at radius 2 is 1.16 bits per heavy atom. The molecule has 0 unspecified atom stereocenters. The summed E-state index contributed by atoms with van der Waals surface area (Å²) in [7, 11) is 4.12. The van der Waals surface area contributed by atoms with E-state index in [4.69, 9.17) is 4.74 Å². The maximum atomic E-state index is 5.84. The van der Waals surface area contributed by atoms with Gasteiger partial charge in [0.05, 0.1) is 35.3 Å². The predicted molar refractivity (Wildman–Crippen MR) is 99.7 cm³/mol. The number of nitrogens with zero attached hydrogens (tertiary/aromatic N) is 4. The fourth-order valence-electron chi connectivity index (χ4n) is 3.27. The van der Waals surface area contributed by atoms with E-state index < -0.39 is 0 Å². The maximum Gasteiger partial charge on any atom is 0.111 e. The van der Waals surface area contributed by atoms with Gasteiger partial charge >= 0.3 is 0 Å². The first-order valence-corrected chi connectivity index (χ1v) is 8.62. The van der Waals surface area contributed by atoms with Crippen molar-refractivity contribution in [2.24, 2.45) is 14.1 Å². The first-order valence-electron chi connectivity index (χ1n) is 8.62. The zero-order valence-electron chi connectivity index (χ0n) is 14.6. The summed E-state index contributed by atoms with van der Waals surface area (Å²) in [6, 6.07) is 16.4. The second-order valence-electron chi connectivity index (χ2n) is 6.26. The van der Waals surface area contributed by atoms with E-state index >= 15 is 0 Å². The van der Waals surface area contributed by atoms with E-state index in [9.17, 15) is 0 Å². The van der Waals surface area contributed by atoms with E-state index in [0.29, 0.717) is 13.2 Å². The highest BCUT2D eigenvalue weighted by atomic mass is 16.5. The molecule has 5 heteroatoms. The van der Waals surface area contributed by atoms with E-state index in [1.807, 2.05) is 36.4 Å². The molecule has 128 valence electrons. The van der Waals surface area contributed by atoms with Crippen molar-refractivity contribution < 1.29 is 4.74 Å². The van der Waals surface area contributed by atoms with Gasteiger partial charge in [0.1, 0.15) is 11.6 Å². The number of fused-ring (bicyclic) bond motifs is 2. The third-order valence-corrected chi connectivity index (χ3v) is 4.70. The Morgan fingerprint density at radius 3 is 1.60 bits per heavy atom. The lowest BCUT2D eigenvalue weighted by molar-refractivity contribution is 0.137. The van der Waals surface area contributed by atoms with Gasteiger partial charge in [0, 0.05) is 26.9 Å². The highest BCUT2D eigenvalue weighted by Gasteiger charge is 2.08. The third-order valence-electron chi connectivity index (χ3n) is 4.70. The Morgan fingerprint density at radius 1 is 0.720 bits per heavy atom. The molecule has 0 aliphatic heterocycles. The molecule has 4 aromatic rings. The molecule has 2 heterocycles. The van der Waals surface area contributed by atoms with Crippen LogP contribution in [0.15, 0.2) is 48.5 Å². The number of ether oxygens (including phenoxy) is 1. The summed E-state index contributed by atoms with van der Waals surface area (Å²) < 4.78 is 10.1. The van der Waals surface area contributed by atoms with Crippen molar-refractivity contribution >= 4 is 22.1 Å². The van der Waals surface area contributed by atoms with Crippen molar-refractivity contribution in [3.8, 4) is 0 Å². The smallest absolute Gasteiger partial charge is 0.111 e. The standard InChI is InChI=1S/C20H22N4O/c1-23-17-9-5-3-7-15(17)21-19(23)11-13-25-14-12-20-22-16-8-4-6-10-18(16)24(20)2/h3-10H,11-14H2,1-2H3. The van der Waals surface area contributed by atoms with Crippen LogP contribution in [0.25, 0.3) is 22.1 Å². The molecule has 0 atom stereocenters. The molecule has 0 amide bonds. The molecule has 0 aliphatic carbocycles. The van der Waals surface area contributed by atoms with Crippen LogP contribution in [0.4, 0.5) is 0 Å². The molecule has 0 radical (unpaired) electrons. The fourth-order valence-corrected chi connectivity index (χ4v) is 3.27. The van der Waals surface area contributed by atoms with Crippen LogP contribution in [0.5, 0.6) is 0 Å². The Balaban J connectivity index is 1.33. The molecular formula is C20H22N4O. The molecule has 0 fully saturated rings. The molecule has 25 heavy (non-hydrogen) atoms. The van der Waals surface area contributed by atoms with E-state index in [2.05, 4.69) is 45.3 Å². The minimum atomic E-state index is 0.668. The van der Waals surface area contributed by atoms with Crippen LogP contribution in [0, 0.1) is 0 Å². The minimum absolute atomic E-state index is 0.668. The van der Waals surface area contributed by atoms with Crippen molar-refractivity contribution in [1.29, 1.82) is 0 Å². The third kappa shape index (κ3) is 3.03. The number of hydrogen-bond acceptors (Lipinski definition) is 3. The number of para-hydroxylation sites is 4. The quantitative estimate of drug-likeness (QED) is 0.508. The van der Waals surface area contributed by atoms with E-state index in [0.717, 1.165) is 46.6 Å². The van der Waals surface area contributed by atoms with Gasteiger partial charge in [-0.2, -0.15) is 0 Å². The Labute approximate surface area is 146 Å². The summed E-state index contributed by atoms with van der Waals surface area (Å²) >= 11 is 0. The number of rotatable bonds is 6. The fraction of sp³-hybridized carbons (Fsp3) is 0.300. The van der Waals surface area contributed by atoms with Gasteiger partial charge in [0.2, 0.25) is 0 Å². The molecule has 0 saturated carbocycles. The zero-order valence-corrected chi connectivity index (χ0v) is 14.6. The van der Waals surface area contributed by atoms with Crippen LogP contribution in [-0.4, -0.2) is 32.3 Å². The normalized spacial score (nSPS) is 11.6. The molecular weight excluding hydrogens is 312 g/mol. The number of imidazole rings is 2. The monoisotopic (exact) mass is 334 g/mol. The first kappa shape index (κ1) is 15.8. The van der Waals surface area contributed by atoms with E-state index in [1.54, 1.807) is 0 Å². The van der Waals surface area contributed by atoms with Crippen molar-refractivity contribution in [2.75, 3.05) is 13.2 Å². The predicted octanol–water partition coefficient (Wildman–Crippen LogP) is 3.26. The van der Waals surface area contributed by atoms with Crippen molar-refractivity contribution in [2.45, 2.75) is 12.8 Å². The van der Waals surface area contributed by atoms with Gasteiger partial charge in [-0.1, -0.05) is 24.3 Å². The summed E-state index contributed by atoms with van der Waals surface area (Å²) in [5.41, 5.74) is 4.41. The highest BCUT2D eigenvalue weighted by Crippen LogP contribution is 2.15. The number of benzene rings is 2. The highest BCUT2D eigenvalue weighted by molar-refractivity contribution is 5.76. The Bertz CT molecular complexity index is 933. The molecule has 4 rings (SSSR count). The molecule has 0 aliphatic rings. The van der Waals surface area contributed by atoms with Gasteiger partial charge in [-0.25, -0.2) is 9.97 Å². The number of hydrogen-bond donors (Lipinski definition) is 0. The molecule has 2 aromatic heterocycles. The van der Waals surface area contributed by atoms with Gasteiger partial charge in [-0.05, 0) is 24.3 Å². The SMILES string of the molecule is Cn1c(CCOCCc2nc3ccccc3n2C)nc2ccccc21. The Kier molecular flexibility index (Phi) is 4.24. The average molecular weight is 334 g/mol. The second-order valence-corrected chi connectivity index (χ2v) is 6.26. The van der Waals surface area contributed by atoms with Crippen LogP contribution >= 0.6 is 0 Å². The van der Waals surface area contributed by atoms with Crippen molar-refractivity contribution in [3.05, 3.63) is 60.2 Å². The molecule has 5 nitrogen and oxygen atoms in total. The summed E-state index contributed by atoms with van der Waals surface area (Å²) in [6.07, 6.45) is 1.63. The molecule has 0 bridgehead atoms. The van der Waals surface area contributed by atoms with Crippen LogP contribution < -0.4 is 0 Å². The van der Waals surface area contributed by atoms with Gasteiger partial charge in [-0.15, -0.1) is 0 Å².